The van der Waals surface area contributed by atoms with Crippen LogP contribution in [0.2, 0.25) is 0 Å². The van der Waals surface area contributed by atoms with Crippen molar-refractivity contribution < 1.29 is 9.47 Å². The average molecular weight is 389 g/mol. The number of imidazole rings is 1. The number of ether oxygens (including phenoxy) is 2. The number of fused-ring (bicyclic) bond motifs is 1. The van der Waals surface area contributed by atoms with E-state index in [2.05, 4.69) is 9.97 Å². The molecule has 0 fully saturated rings. The fourth-order valence-corrected chi connectivity index (χ4v) is 3.20. The molecule has 4 rings (SSSR count). The second kappa shape index (κ2) is 8.75. The summed E-state index contributed by atoms with van der Waals surface area (Å²) in [6.45, 7) is 1.30. The van der Waals surface area contributed by atoms with Crippen molar-refractivity contribution in [3.8, 4) is 22.8 Å². The van der Waals surface area contributed by atoms with Gasteiger partial charge in [0, 0.05) is 39.0 Å². The van der Waals surface area contributed by atoms with Crippen molar-refractivity contribution in [1.82, 2.24) is 14.5 Å². The Labute approximate surface area is 169 Å². The van der Waals surface area contributed by atoms with Gasteiger partial charge >= 0.3 is 0 Å². The highest BCUT2D eigenvalue weighted by molar-refractivity contribution is 5.60. The van der Waals surface area contributed by atoms with Gasteiger partial charge in [-0.25, -0.2) is 4.98 Å². The number of aromatic amines is 1. The fraction of sp³-hybridized carbons (Fsp3) is 0.217. The summed E-state index contributed by atoms with van der Waals surface area (Å²) in [5.74, 6) is 1.42. The Morgan fingerprint density at radius 2 is 1.83 bits per heavy atom. The van der Waals surface area contributed by atoms with Gasteiger partial charge in [-0.05, 0) is 35.4 Å². The van der Waals surface area contributed by atoms with Crippen LogP contribution in [0.15, 0.2) is 71.8 Å². The lowest BCUT2D eigenvalue weighted by Crippen LogP contribution is -2.15. The highest BCUT2D eigenvalue weighted by Crippen LogP contribution is 2.22. The Morgan fingerprint density at radius 1 is 1.03 bits per heavy atom. The van der Waals surface area contributed by atoms with Crippen molar-refractivity contribution in [2.75, 3.05) is 20.3 Å². The Kier molecular flexibility index (Phi) is 5.72. The van der Waals surface area contributed by atoms with Crippen molar-refractivity contribution >= 4 is 0 Å². The zero-order chi connectivity index (χ0) is 20.1. The maximum absolute atomic E-state index is 12.8. The number of H-pyrrole nitrogens is 1. The molecule has 2 aliphatic rings. The molecular weight excluding hydrogens is 366 g/mol. The third-order valence-corrected chi connectivity index (χ3v) is 4.72. The molecule has 1 N–H and O–H groups in total. The van der Waals surface area contributed by atoms with E-state index in [1.807, 2.05) is 54.6 Å². The second-order valence-electron chi connectivity index (χ2n) is 6.80. The molecule has 148 valence electrons. The standard InChI is InChI=1S/C23H23N3O3/c1-28-12-5-13-29-19-10-8-18(9-11-19)21-16-26-22(15-24-21)25-20(23(26)27)14-17-6-3-2-4-7-17/h2-4,6-11,15-16,24H,5,12-14H2,1H3. The van der Waals surface area contributed by atoms with Crippen LogP contribution in [-0.2, 0) is 11.2 Å². The number of aromatic nitrogens is 3. The third-order valence-electron chi connectivity index (χ3n) is 4.72. The van der Waals surface area contributed by atoms with Crippen LogP contribution < -0.4 is 10.3 Å². The molecule has 0 saturated carbocycles. The molecule has 0 saturated heterocycles. The van der Waals surface area contributed by atoms with Gasteiger partial charge in [-0.3, -0.25) is 9.36 Å². The molecule has 0 bridgehead atoms. The van der Waals surface area contributed by atoms with E-state index in [1.54, 1.807) is 24.1 Å². The van der Waals surface area contributed by atoms with Gasteiger partial charge in [0.15, 0.2) is 5.82 Å². The molecule has 2 aromatic rings. The van der Waals surface area contributed by atoms with Crippen molar-refractivity contribution in [3.63, 3.8) is 0 Å². The lowest BCUT2D eigenvalue weighted by molar-refractivity contribution is 0.172. The van der Waals surface area contributed by atoms with E-state index >= 15 is 0 Å². The van der Waals surface area contributed by atoms with Crippen LogP contribution in [0.25, 0.3) is 17.1 Å². The summed E-state index contributed by atoms with van der Waals surface area (Å²) in [6.07, 6.45) is 4.93. The van der Waals surface area contributed by atoms with E-state index in [-0.39, 0.29) is 5.56 Å². The first-order chi connectivity index (χ1) is 14.2. The smallest absolute Gasteiger partial charge is 0.278 e. The summed E-state index contributed by atoms with van der Waals surface area (Å²) in [5.41, 5.74) is 3.33. The van der Waals surface area contributed by atoms with Gasteiger partial charge in [0.1, 0.15) is 11.4 Å². The zero-order valence-electron chi connectivity index (χ0n) is 16.3. The molecular formula is C23H23N3O3. The maximum Gasteiger partial charge on any atom is 0.278 e. The fourth-order valence-electron chi connectivity index (χ4n) is 3.20. The predicted molar refractivity (Wildman–Crippen MR) is 112 cm³/mol. The molecule has 0 amide bonds. The minimum atomic E-state index is -0.0859. The molecule has 2 aromatic carbocycles. The normalized spacial score (nSPS) is 11.1. The quantitative estimate of drug-likeness (QED) is 0.467. The van der Waals surface area contributed by atoms with Gasteiger partial charge in [-0.1, -0.05) is 30.3 Å². The van der Waals surface area contributed by atoms with Crippen molar-refractivity contribution in [1.29, 1.82) is 0 Å². The number of nitrogens with one attached hydrogen (secondary N) is 1. The number of hydrogen-bond donors (Lipinski definition) is 1. The minimum absolute atomic E-state index is 0.0859. The van der Waals surface area contributed by atoms with E-state index < -0.39 is 0 Å². The van der Waals surface area contributed by atoms with Gasteiger partial charge in [0.25, 0.3) is 5.56 Å². The van der Waals surface area contributed by atoms with E-state index in [0.29, 0.717) is 31.1 Å². The molecule has 0 spiro atoms. The summed E-state index contributed by atoms with van der Waals surface area (Å²) in [5, 5.41) is 0. The van der Waals surface area contributed by atoms with Crippen LogP contribution in [-0.4, -0.2) is 34.9 Å². The highest BCUT2D eigenvalue weighted by Gasteiger charge is 2.15. The highest BCUT2D eigenvalue weighted by atomic mass is 16.5. The summed E-state index contributed by atoms with van der Waals surface area (Å²) in [7, 11) is 1.68. The Hall–Kier alpha value is -3.38. The summed E-state index contributed by atoms with van der Waals surface area (Å²) in [4.78, 5) is 20.5. The van der Waals surface area contributed by atoms with Gasteiger partial charge in [0.05, 0.1) is 12.3 Å². The van der Waals surface area contributed by atoms with Crippen molar-refractivity contribution in [3.05, 3.63) is 88.6 Å². The van der Waals surface area contributed by atoms with E-state index in [9.17, 15) is 4.79 Å². The number of hydrogen-bond acceptors (Lipinski definition) is 4. The van der Waals surface area contributed by atoms with E-state index in [0.717, 1.165) is 29.0 Å². The van der Waals surface area contributed by atoms with Crippen molar-refractivity contribution in [2.45, 2.75) is 12.8 Å². The molecule has 29 heavy (non-hydrogen) atoms. The SMILES string of the molecule is COCCCOc1ccc(-c2cn3c(=O)c(Cc4ccccc4)nc-3c[nH]2)cc1. The molecule has 6 nitrogen and oxygen atoms in total. The zero-order valence-corrected chi connectivity index (χ0v) is 16.3. The topological polar surface area (TPSA) is 69.1 Å². The van der Waals surface area contributed by atoms with Crippen LogP contribution in [0.1, 0.15) is 17.7 Å². The average Bonchev–Trinajstić information content (AvgIpc) is 3.07. The largest absolute Gasteiger partial charge is 0.494 e. The van der Waals surface area contributed by atoms with E-state index in [1.165, 1.54) is 0 Å². The number of methoxy groups -OCH3 is 1. The van der Waals surface area contributed by atoms with Gasteiger partial charge in [-0.15, -0.1) is 0 Å². The Balaban J connectivity index is 1.54. The maximum atomic E-state index is 12.8. The van der Waals surface area contributed by atoms with Gasteiger partial charge < -0.3 is 14.5 Å². The molecule has 0 aromatic heterocycles. The first kappa shape index (κ1) is 19.0. The molecule has 6 heteroatoms. The van der Waals surface area contributed by atoms with E-state index in [4.69, 9.17) is 9.47 Å². The Morgan fingerprint density at radius 3 is 2.59 bits per heavy atom. The first-order valence-corrected chi connectivity index (χ1v) is 9.60. The minimum Gasteiger partial charge on any atom is -0.494 e. The lowest BCUT2D eigenvalue weighted by atomic mass is 10.1. The molecule has 2 heterocycles. The van der Waals surface area contributed by atoms with Gasteiger partial charge in [0.2, 0.25) is 0 Å². The van der Waals surface area contributed by atoms with Crippen molar-refractivity contribution in [2.24, 2.45) is 0 Å². The first-order valence-electron chi connectivity index (χ1n) is 9.60. The van der Waals surface area contributed by atoms with Crippen LogP contribution >= 0.6 is 0 Å². The van der Waals surface area contributed by atoms with Crippen LogP contribution in [0.4, 0.5) is 0 Å². The number of rotatable bonds is 8. The molecule has 2 aliphatic heterocycles. The predicted octanol–water partition coefficient (Wildman–Crippen LogP) is 3.67. The molecule has 0 aliphatic carbocycles. The lowest BCUT2D eigenvalue weighted by Gasteiger charge is -2.09. The summed E-state index contributed by atoms with van der Waals surface area (Å²) < 4.78 is 12.3. The van der Waals surface area contributed by atoms with Crippen LogP contribution in [0, 0.1) is 0 Å². The summed E-state index contributed by atoms with van der Waals surface area (Å²) >= 11 is 0. The summed E-state index contributed by atoms with van der Waals surface area (Å²) in [6, 6.07) is 17.7. The molecule has 0 unspecified atom stereocenters. The molecule has 0 atom stereocenters. The Bertz CT molecular complexity index is 1080. The second-order valence-corrected chi connectivity index (χ2v) is 6.80. The number of nitrogens with zero attached hydrogens (tertiary/aromatic N) is 2. The van der Waals surface area contributed by atoms with Gasteiger partial charge in [-0.2, -0.15) is 0 Å². The number of benzene rings is 2. The molecule has 0 radical (unpaired) electrons. The van der Waals surface area contributed by atoms with Crippen LogP contribution in [0.3, 0.4) is 0 Å². The third kappa shape index (κ3) is 4.38. The van der Waals surface area contributed by atoms with Crippen LogP contribution in [0.5, 0.6) is 5.75 Å². The monoisotopic (exact) mass is 389 g/mol.